The average Bonchev–Trinajstić information content (AvgIpc) is 2.69. The highest BCUT2D eigenvalue weighted by molar-refractivity contribution is 5.45. The predicted octanol–water partition coefficient (Wildman–Crippen LogP) is 2.50. The molecule has 1 aromatic heterocycles. The van der Waals surface area contributed by atoms with Gasteiger partial charge in [0.2, 0.25) is 0 Å². The third-order valence-electron chi connectivity index (χ3n) is 3.57. The van der Waals surface area contributed by atoms with Crippen LogP contribution in [0.25, 0.3) is 0 Å². The lowest BCUT2D eigenvalue weighted by atomic mass is 10.1. The molecule has 0 unspecified atom stereocenters. The van der Waals surface area contributed by atoms with Crippen LogP contribution in [0.5, 0.6) is 5.75 Å². The summed E-state index contributed by atoms with van der Waals surface area (Å²) in [7, 11) is 0. The summed E-state index contributed by atoms with van der Waals surface area (Å²) < 4.78 is 5.78. The second-order valence-electron chi connectivity index (χ2n) is 5.11. The number of nitrogens with two attached hydrogens (primary N) is 1. The Labute approximate surface area is 119 Å². The van der Waals surface area contributed by atoms with Gasteiger partial charge in [0.05, 0.1) is 6.54 Å². The van der Waals surface area contributed by atoms with E-state index in [2.05, 4.69) is 22.0 Å². The summed E-state index contributed by atoms with van der Waals surface area (Å²) in [4.78, 5) is 6.71. The first-order chi connectivity index (χ1) is 9.74. The van der Waals surface area contributed by atoms with Gasteiger partial charge in [-0.1, -0.05) is 18.2 Å². The SMILES string of the molecule is C[C@H](N)c1ccnc(N2CCOc3ccccc3C2)c1. The first kappa shape index (κ1) is 12.9. The van der Waals surface area contributed by atoms with E-state index in [1.165, 1.54) is 5.56 Å². The Hall–Kier alpha value is -2.07. The first-order valence-electron chi connectivity index (χ1n) is 6.91. The van der Waals surface area contributed by atoms with Crippen LogP contribution in [0.4, 0.5) is 5.82 Å². The van der Waals surface area contributed by atoms with Crippen LogP contribution in [0.1, 0.15) is 24.1 Å². The molecule has 2 heterocycles. The van der Waals surface area contributed by atoms with Crippen molar-refractivity contribution in [2.24, 2.45) is 5.73 Å². The Balaban J connectivity index is 1.89. The summed E-state index contributed by atoms with van der Waals surface area (Å²) in [5, 5.41) is 0. The molecule has 2 N–H and O–H groups in total. The van der Waals surface area contributed by atoms with E-state index >= 15 is 0 Å². The van der Waals surface area contributed by atoms with Gasteiger partial charge in [-0.3, -0.25) is 0 Å². The van der Waals surface area contributed by atoms with Crippen molar-refractivity contribution >= 4 is 5.82 Å². The van der Waals surface area contributed by atoms with Crippen molar-refractivity contribution in [3.8, 4) is 5.75 Å². The number of ether oxygens (including phenoxy) is 1. The topological polar surface area (TPSA) is 51.4 Å². The minimum absolute atomic E-state index is 0.0206. The molecule has 0 spiro atoms. The molecule has 1 aromatic carbocycles. The fourth-order valence-electron chi connectivity index (χ4n) is 2.41. The van der Waals surface area contributed by atoms with E-state index in [9.17, 15) is 0 Å². The highest BCUT2D eigenvalue weighted by Gasteiger charge is 2.16. The molecule has 2 aromatic rings. The molecule has 104 valence electrons. The molecule has 0 saturated carbocycles. The van der Waals surface area contributed by atoms with Gasteiger partial charge in [-0.2, -0.15) is 0 Å². The minimum atomic E-state index is 0.0206. The summed E-state index contributed by atoms with van der Waals surface area (Å²) in [6.07, 6.45) is 1.83. The summed E-state index contributed by atoms with van der Waals surface area (Å²) in [5.74, 6) is 1.93. The lowest BCUT2D eigenvalue weighted by Crippen LogP contribution is -2.26. The molecular formula is C16H19N3O. The molecule has 0 aliphatic carbocycles. The Bertz CT molecular complexity index is 598. The third-order valence-corrected chi connectivity index (χ3v) is 3.57. The molecule has 0 amide bonds. The van der Waals surface area contributed by atoms with Gasteiger partial charge in [0.1, 0.15) is 18.2 Å². The zero-order valence-corrected chi connectivity index (χ0v) is 11.6. The number of rotatable bonds is 2. The summed E-state index contributed by atoms with van der Waals surface area (Å²) in [6, 6.07) is 12.2. The molecule has 20 heavy (non-hydrogen) atoms. The number of nitrogens with zero attached hydrogens (tertiary/aromatic N) is 2. The number of fused-ring (bicyclic) bond motifs is 1. The van der Waals surface area contributed by atoms with Crippen LogP contribution < -0.4 is 15.4 Å². The lowest BCUT2D eigenvalue weighted by Gasteiger charge is -2.21. The minimum Gasteiger partial charge on any atom is -0.491 e. The summed E-state index contributed by atoms with van der Waals surface area (Å²) in [6.45, 7) is 4.29. The second-order valence-corrected chi connectivity index (χ2v) is 5.11. The molecule has 4 nitrogen and oxygen atoms in total. The number of aromatic nitrogens is 1. The van der Waals surface area contributed by atoms with Crippen molar-refractivity contribution in [2.45, 2.75) is 19.5 Å². The largest absolute Gasteiger partial charge is 0.491 e. The number of hydrogen-bond donors (Lipinski definition) is 1. The van der Waals surface area contributed by atoms with Crippen molar-refractivity contribution in [1.29, 1.82) is 0 Å². The van der Waals surface area contributed by atoms with Gasteiger partial charge < -0.3 is 15.4 Å². The highest BCUT2D eigenvalue weighted by atomic mass is 16.5. The maximum Gasteiger partial charge on any atom is 0.129 e. The van der Waals surface area contributed by atoms with E-state index < -0.39 is 0 Å². The van der Waals surface area contributed by atoms with Gasteiger partial charge in [-0.05, 0) is 30.7 Å². The first-order valence-corrected chi connectivity index (χ1v) is 6.91. The zero-order chi connectivity index (χ0) is 13.9. The number of hydrogen-bond acceptors (Lipinski definition) is 4. The van der Waals surface area contributed by atoms with Crippen molar-refractivity contribution < 1.29 is 4.74 Å². The predicted molar refractivity (Wildman–Crippen MR) is 79.8 cm³/mol. The molecule has 0 saturated heterocycles. The van der Waals surface area contributed by atoms with Crippen molar-refractivity contribution in [1.82, 2.24) is 4.98 Å². The monoisotopic (exact) mass is 269 g/mol. The Morgan fingerprint density at radius 3 is 3.00 bits per heavy atom. The molecule has 1 aliphatic heterocycles. The molecular weight excluding hydrogens is 250 g/mol. The van der Waals surface area contributed by atoms with Crippen LogP contribution in [0.3, 0.4) is 0 Å². The maximum absolute atomic E-state index is 5.95. The summed E-state index contributed by atoms with van der Waals surface area (Å²) in [5.41, 5.74) is 8.25. The molecule has 0 fully saturated rings. The number of para-hydroxylation sites is 1. The molecule has 1 aliphatic rings. The van der Waals surface area contributed by atoms with Gasteiger partial charge in [0.25, 0.3) is 0 Å². The van der Waals surface area contributed by atoms with E-state index in [0.717, 1.165) is 30.2 Å². The average molecular weight is 269 g/mol. The van der Waals surface area contributed by atoms with Crippen LogP contribution in [0.15, 0.2) is 42.6 Å². The van der Waals surface area contributed by atoms with Crippen LogP contribution in [0, 0.1) is 0 Å². The van der Waals surface area contributed by atoms with Gasteiger partial charge in [0, 0.05) is 24.3 Å². The lowest BCUT2D eigenvalue weighted by molar-refractivity contribution is 0.331. The number of benzene rings is 1. The molecule has 0 radical (unpaired) electrons. The van der Waals surface area contributed by atoms with E-state index in [4.69, 9.17) is 10.5 Å². The highest BCUT2D eigenvalue weighted by Crippen LogP contribution is 2.25. The van der Waals surface area contributed by atoms with Gasteiger partial charge >= 0.3 is 0 Å². The van der Waals surface area contributed by atoms with Gasteiger partial charge in [-0.15, -0.1) is 0 Å². The number of anilines is 1. The van der Waals surface area contributed by atoms with Gasteiger partial charge in [0.15, 0.2) is 0 Å². The zero-order valence-electron chi connectivity index (χ0n) is 11.6. The van der Waals surface area contributed by atoms with E-state index in [-0.39, 0.29) is 6.04 Å². The normalized spacial score (nSPS) is 16.0. The second kappa shape index (κ2) is 5.51. The van der Waals surface area contributed by atoms with E-state index in [0.29, 0.717) is 6.61 Å². The fourth-order valence-corrected chi connectivity index (χ4v) is 2.41. The van der Waals surface area contributed by atoms with E-state index in [1.807, 2.05) is 37.4 Å². The third kappa shape index (κ3) is 2.60. The van der Waals surface area contributed by atoms with Crippen molar-refractivity contribution in [2.75, 3.05) is 18.1 Å². The molecule has 3 rings (SSSR count). The maximum atomic E-state index is 5.95. The standard InChI is InChI=1S/C16H19N3O/c1-12(17)13-6-7-18-16(10-13)19-8-9-20-15-5-3-2-4-14(15)11-19/h2-7,10,12H,8-9,11,17H2,1H3/t12-/m0/s1. The van der Waals surface area contributed by atoms with E-state index in [1.54, 1.807) is 0 Å². The van der Waals surface area contributed by atoms with Crippen LogP contribution in [-0.2, 0) is 6.54 Å². The summed E-state index contributed by atoms with van der Waals surface area (Å²) >= 11 is 0. The molecule has 0 bridgehead atoms. The Kier molecular flexibility index (Phi) is 3.56. The molecule has 1 atom stereocenters. The van der Waals surface area contributed by atoms with Crippen molar-refractivity contribution in [3.63, 3.8) is 0 Å². The quantitative estimate of drug-likeness (QED) is 0.910. The number of pyridine rings is 1. The fraction of sp³-hybridized carbons (Fsp3) is 0.312. The Morgan fingerprint density at radius 2 is 2.15 bits per heavy atom. The Morgan fingerprint density at radius 1 is 1.30 bits per heavy atom. The molecule has 4 heteroatoms. The van der Waals surface area contributed by atoms with Crippen molar-refractivity contribution in [3.05, 3.63) is 53.7 Å². The van der Waals surface area contributed by atoms with Crippen LogP contribution in [0.2, 0.25) is 0 Å². The smallest absolute Gasteiger partial charge is 0.129 e. The van der Waals surface area contributed by atoms with Gasteiger partial charge in [-0.25, -0.2) is 4.98 Å². The van der Waals surface area contributed by atoms with Crippen LogP contribution in [-0.4, -0.2) is 18.1 Å². The van der Waals surface area contributed by atoms with Crippen LogP contribution >= 0.6 is 0 Å².